The summed E-state index contributed by atoms with van der Waals surface area (Å²) < 4.78 is 5.04. The van der Waals surface area contributed by atoms with Crippen molar-refractivity contribution >= 4 is 11.8 Å². The predicted molar refractivity (Wildman–Crippen MR) is 92.7 cm³/mol. The number of methoxy groups -OCH3 is 1. The average molecular weight is 329 g/mol. The van der Waals surface area contributed by atoms with Crippen molar-refractivity contribution in [1.82, 2.24) is 5.32 Å². The molecule has 1 N–H and O–H groups in total. The lowest BCUT2D eigenvalue weighted by Crippen LogP contribution is -2.43. The SMILES string of the molecule is COC(=O)[C@H]1N[C@@H](C2CCCCC2)[C@@H](C(C)=O)[C@@H]1c1ccccc1. The lowest BCUT2D eigenvalue weighted by Gasteiger charge is -2.31. The second kappa shape index (κ2) is 7.47. The van der Waals surface area contributed by atoms with Crippen molar-refractivity contribution in [2.24, 2.45) is 11.8 Å². The van der Waals surface area contributed by atoms with Crippen LogP contribution < -0.4 is 5.32 Å². The summed E-state index contributed by atoms with van der Waals surface area (Å²) >= 11 is 0. The number of ketones is 1. The molecule has 0 aromatic heterocycles. The van der Waals surface area contributed by atoms with E-state index in [1.54, 1.807) is 6.92 Å². The molecule has 3 rings (SSSR count). The number of carbonyl (C=O) groups is 2. The number of nitrogens with one attached hydrogen (secondary N) is 1. The van der Waals surface area contributed by atoms with Crippen LogP contribution in [0.25, 0.3) is 0 Å². The molecule has 1 saturated carbocycles. The largest absolute Gasteiger partial charge is 0.468 e. The quantitative estimate of drug-likeness (QED) is 0.863. The molecule has 4 atom stereocenters. The number of hydrogen-bond donors (Lipinski definition) is 1. The summed E-state index contributed by atoms with van der Waals surface area (Å²) in [6.07, 6.45) is 5.98. The van der Waals surface area contributed by atoms with Gasteiger partial charge in [0.15, 0.2) is 0 Å². The third-order valence-corrected chi connectivity index (χ3v) is 5.77. The summed E-state index contributed by atoms with van der Waals surface area (Å²) in [4.78, 5) is 24.9. The van der Waals surface area contributed by atoms with Crippen LogP contribution in [0.4, 0.5) is 0 Å². The Hall–Kier alpha value is -1.68. The summed E-state index contributed by atoms with van der Waals surface area (Å²) in [5.74, 6) is 0.0444. The highest BCUT2D eigenvalue weighted by atomic mass is 16.5. The van der Waals surface area contributed by atoms with Crippen molar-refractivity contribution in [3.05, 3.63) is 35.9 Å². The number of hydrogen-bond acceptors (Lipinski definition) is 4. The van der Waals surface area contributed by atoms with Gasteiger partial charge in [-0.1, -0.05) is 49.6 Å². The van der Waals surface area contributed by atoms with Crippen molar-refractivity contribution in [1.29, 1.82) is 0 Å². The van der Waals surface area contributed by atoms with Crippen molar-refractivity contribution in [3.63, 3.8) is 0 Å². The zero-order valence-corrected chi connectivity index (χ0v) is 14.5. The Bertz CT molecular complexity index is 580. The number of ether oxygens (including phenoxy) is 1. The van der Waals surface area contributed by atoms with Crippen molar-refractivity contribution in [3.8, 4) is 0 Å². The van der Waals surface area contributed by atoms with Crippen LogP contribution in [-0.2, 0) is 14.3 Å². The number of benzene rings is 1. The summed E-state index contributed by atoms with van der Waals surface area (Å²) in [7, 11) is 1.42. The Morgan fingerprint density at radius 1 is 1.08 bits per heavy atom. The standard InChI is InChI=1S/C20H27NO3/c1-13(22)16-17(14-9-5-3-6-10-14)19(20(23)24-2)21-18(16)15-11-7-4-8-12-15/h3,5-6,9-10,15-19,21H,4,7-8,11-12H2,1-2H3/t16-,17-,18-,19-/m0/s1. The van der Waals surface area contributed by atoms with Crippen LogP contribution in [-0.4, -0.2) is 30.9 Å². The van der Waals surface area contributed by atoms with E-state index in [1.807, 2.05) is 30.3 Å². The Balaban J connectivity index is 1.97. The van der Waals surface area contributed by atoms with Gasteiger partial charge in [-0.2, -0.15) is 0 Å². The molecule has 0 amide bonds. The second-order valence-corrected chi connectivity index (χ2v) is 7.16. The van der Waals surface area contributed by atoms with Gasteiger partial charge in [0.25, 0.3) is 0 Å². The Morgan fingerprint density at radius 3 is 2.33 bits per heavy atom. The minimum Gasteiger partial charge on any atom is -0.468 e. The maximum absolute atomic E-state index is 12.5. The number of carbonyl (C=O) groups excluding carboxylic acids is 2. The fraction of sp³-hybridized carbons (Fsp3) is 0.600. The molecule has 4 heteroatoms. The smallest absolute Gasteiger partial charge is 0.323 e. The molecule has 0 bridgehead atoms. The highest BCUT2D eigenvalue weighted by Gasteiger charge is 2.51. The van der Waals surface area contributed by atoms with Gasteiger partial charge in [-0.3, -0.25) is 9.59 Å². The summed E-state index contributed by atoms with van der Waals surface area (Å²) in [6.45, 7) is 1.66. The predicted octanol–water partition coefficient (Wildman–Crippen LogP) is 3.07. The molecule has 1 aliphatic carbocycles. The summed E-state index contributed by atoms with van der Waals surface area (Å²) in [6, 6.07) is 9.54. The molecule has 1 aromatic carbocycles. The van der Waals surface area contributed by atoms with Crippen LogP contribution in [0.2, 0.25) is 0 Å². The topological polar surface area (TPSA) is 55.4 Å². The zero-order chi connectivity index (χ0) is 17.1. The van der Waals surface area contributed by atoms with Crippen molar-refractivity contribution < 1.29 is 14.3 Å². The molecule has 1 heterocycles. The van der Waals surface area contributed by atoms with E-state index in [0.717, 1.165) is 18.4 Å². The maximum atomic E-state index is 12.5. The lowest BCUT2D eigenvalue weighted by molar-refractivity contribution is -0.143. The van der Waals surface area contributed by atoms with Crippen LogP contribution in [0.3, 0.4) is 0 Å². The minimum atomic E-state index is -0.446. The molecular weight excluding hydrogens is 302 g/mol. The van der Waals surface area contributed by atoms with Gasteiger partial charge in [0, 0.05) is 17.9 Å². The van der Waals surface area contributed by atoms with E-state index in [9.17, 15) is 9.59 Å². The fourth-order valence-electron chi connectivity index (χ4n) is 4.69. The molecule has 4 nitrogen and oxygen atoms in total. The number of rotatable bonds is 4. The van der Waals surface area contributed by atoms with Crippen LogP contribution in [0.5, 0.6) is 0 Å². The highest BCUT2D eigenvalue weighted by Crippen LogP contribution is 2.43. The molecule has 130 valence electrons. The van der Waals surface area contributed by atoms with Gasteiger partial charge in [-0.05, 0) is 31.2 Å². The third-order valence-electron chi connectivity index (χ3n) is 5.77. The monoisotopic (exact) mass is 329 g/mol. The molecule has 2 aliphatic rings. The van der Waals surface area contributed by atoms with Gasteiger partial charge in [-0.15, -0.1) is 0 Å². The maximum Gasteiger partial charge on any atom is 0.323 e. The van der Waals surface area contributed by atoms with Gasteiger partial charge in [0.1, 0.15) is 11.8 Å². The molecule has 2 fully saturated rings. The zero-order valence-electron chi connectivity index (χ0n) is 14.5. The number of esters is 1. The Morgan fingerprint density at radius 2 is 1.75 bits per heavy atom. The van der Waals surface area contributed by atoms with E-state index in [2.05, 4.69) is 5.32 Å². The first-order valence-electron chi connectivity index (χ1n) is 9.02. The van der Waals surface area contributed by atoms with E-state index in [4.69, 9.17) is 4.74 Å². The van der Waals surface area contributed by atoms with Crippen molar-refractivity contribution in [2.75, 3.05) is 7.11 Å². The third kappa shape index (κ3) is 3.25. The Labute approximate surface area is 144 Å². The average Bonchev–Trinajstić information content (AvgIpc) is 3.03. The van der Waals surface area contributed by atoms with Crippen LogP contribution in [0.1, 0.15) is 50.5 Å². The first-order chi connectivity index (χ1) is 11.6. The Kier molecular flexibility index (Phi) is 5.34. The lowest BCUT2D eigenvalue weighted by atomic mass is 9.73. The molecule has 1 aromatic rings. The van der Waals surface area contributed by atoms with Crippen LogP contribution in [0, 0.1) is 11.8 Å². The molecule has 0 spiro atoms. The normalized spacial score (nSPS) is 30.9. The molecule has 1 aliphatic heterocycles. The van der Waals surface area contributed by atoms with Gasteiger partial charge < -0.3 is 10.1 Å². The van der Waals surface area contributed by atoms with E-state index < -0.39 is 6.04 Å². The van der Waals surface area contributed by atoms with E-state index in [1.165, 1.54) is 26.4 Å². The van der Waals surface area contributed by atoms with Gasteiger partial charge in [0.05, 0.1) is 7.11 Å². The van der Waals surface area contributed by atoms with Crippen LogP contribution in [0.15, 0.2) is 30.3 Å². The van der Waals surface area contributed by atoms with Crippen molar-refractivity contribution in [2.45, 2.75) is 57.0 Å². The summed E-state index contributed by atoms with van der Waals surface area (Å²) in [5.41, 5.74) is 1.04. The minimum absolute atomic E-state index is 0.0668. The first-order valence-corrected chi connectivity index (χ1v) is 9.02. The van der Waals surface area contributed by atoms with Crippen LogP contribution >= 0.6 is 0 Å². The molecule has 24 heavy (non-hydrogen) atoms. The second-order valence-electron chi connectivity index (χ2n) is 7.16. The molecular formula is C20H27NO3. The fourth-order valence-corrected chi connectivity index (χ4v) is 4.69. The number of Topliss-reactive ketones (excluding diaryl/α,β-unsaturated/α-hetero) is 1. The molecule has 0 radical (unpaired) electrons. The van der Waals surface area contributed by atoms with Gasteiger partial charge >= 0.3 is 5.97 Å². The van der Waals surface area contributed by atoms with Gasteiger partial charge in [-0.25, -0.2) is 0 Å². The van der Waals surface area contributed by atoms with E-state index >= 15 is 0 Å². The van der Waals surface area contributed by atoms with Gasteiger partial charge in [0.2, 0.25) is 0 Å². The molecule has 0 unspecified atom stereocenters. The van der Waals surface area contributed by atoms with E-state index in [0.29, 0.717) is 5.92 Å². The molecule has 1 saturated heterocycles. The first kappa shape index (κ1) is 17.2. The summed E-state index contributed by atoms with van der Waals surface area (Å²) in [5, 5.41) is 3.50. The van der Waals surface area contributed by atoms with E-state index in [-0.39, 0.29) is 29.6 Å². The highest BCUT2D eigenvalue weighted by molar-refractivity contribution is 5.85.